The average molecular weight is 363 g/mol. The molecule has 1 N–H and O–H groups in total. The van der Waals surface area contributed by atoms with Gasteiger partial charge in [-0.05, 0) is 23.1 Å². The molecule has 6 nitrogen and oxygen atoms in total. The van der Waals surface area contributed by atoms with E-state index in [9.17, 15) is 4.79 Å². The van der Waals surface area contributed by atoms with Crippen LogP contribution < -0.4 is 5.32 Å². The molecule has 0 aliphatic carbocycles. The summed E-state index contributed by atoms with van der Waals surface area (Å²) in [7, 11) is 1.46. The van der Waals surface area contributed by atoms with Gasteiger partial charge >= 0.3 is 0 Å². The van der Waals surface area contributed by atoms with Crippen LogP contribution in [0.5, 0.6) is 0 Å². The van der Waals surface area contributed by atoms with Crippen LogP contribution in [0.2, 0.25) is 5.02 Å². The van der Waals surface area contributed by atoms with Crippen LogP contribution in [0.25, 0.3) is 10.7 Å². The molecule has 24 heavy (non-hydrogen) atoms. The molecule has 0 amide bonds. The van der Waals surface area contributed by atoms with E-state index < -0.39 is 0 Å². The molecule has 0 aliphatic heterocycles. The van der Waals surface area contributed by atoms with Gasteiger partial charge < -0.3 is 10.1 Å². The molecule has 0 fully saturated rings. The number of halogens is 1. The number of nitrogens with one attached hydrogen (secondary N) is 1. The summed E-state index contributed by atoms with van der Waals surface area (Å²) in [4.78, 5) is 17.5. The molecule has 0 saturated carbocycles. The summed E-state index contributed by atoms with van der Waals surface area (Å²) < 4.78 is 6.14. The summed E-state index contributed by atoms with van der Waals surface area (Å²) in [6.45, 7) is 0.358. The number of rotatable bonds is 6. The Morgan fingerprint density at radius 2 is 2.17 bits per heavy atom. The Morgan fingerprint density at radius 3 is 2.88 bits per heavy atom. The highest BCUT2D eigenvalue weighted by Gasteiger charge is 2.17. The van der Waals surface area contributed by atoms with Gasteiger partial charge in [0.1, 0.15) is 6.61 Å². The number of anilines is 1. The van der Waals surface area contributed by atoms with Crippen molar-refractivity contribution in [3.8, 4) is 10.7 Å². The molecule has 124 valence electrons. The van der Waals surface area contributed by atoms with Crippen molar-refractivity contribution in [2.75, 3.05) is 19.0 Å². The van der Waals surface area contributed by atoms with Gasteiger partial charge in [0.2, 0.25) is 5.95 Å². The first-order chi connectivity index (χ1) is 11.7. The van der Waals surface area contributed by atoms with Crippen molar-refractivity contribution in [1.29, 1.82) is 0 Å². The van der Waals surface area contributed by atoms with Gasteiger partial charge in [0.15, 0.2) is 5.82 Å². The number of thiophene rings is 1. The average Bonchev–Trinajstić information content (AvgIpc) is 3.24. The maximum atomic E-state index is 12.2. The molecule has 1 aromatic carbocycles. The summed E-state index contributed by atoms with van der Waals surface area (Å²) in [5.74, 6) is 0.561. The fourth-order valence-electron chi connectivity index (χ4n) is 2.11. The van der Waals surface area contributed by atoms with Gasteiger partial charge in [0.05, 0.1) is 4.88 Å². The monoisotopic (exact) mass is 362 g/mol. The smallest absolute Gasteiger partial charge is 0.276 e. The number of methoxy groups -OCH3 is 1. The molecule has 3 aromatic rings. The fourth-order valence-corrected chi connectivity index (χ4v) is 2.97. The van der Waals surface area contributed by atoms with Crippen LogP contribution in [0.1, 0.15) is 10.4 Å². The summed E-state index contributed by atoms with van der Waals surface area (Å²) in [6, 6.07) is 11.3. The lowest BCUT2D eigenvalue weighted by Crippen LogP contribution is -2.20. The number of ether oxygens (including phenoxy) is 1. The zero-order valence-corrected chi connectivity index (χ0v) is 14.5. The van der Waals surface area contributed by atoms with Gasteiger partial charge in [-0.25, -0.2) is 0 Å². The maximum Gasteiger partial charge on any atom is 0.276 e. The van der Waals surface area contributed by atoms with E-state index in [1.807, 2.05) is 41.8 Å². The molecule has 8 heteroatoms. The molecule has 0 unspecified atom stereocenters. The highest BCUT2D eigenvalue weighted by Crippen LogP contribution is 2.23. The standard InChI is InChI=1S/C16H15ClN4O2S/c1-23-10-14(22)21-16(18-9-11-5-2-3-6-12(11)17)19-15(20-21)13-7-4-8-24-13/h2-8H,9-10H2,1H3,(H,18,19,20). The Kier molecular flexibility index (Phi) is 5.24. The summed E-state index contributed by atoms with van der Waals surface area (Å²) >= 11 is 7.67. The number of nitrogens with zero attached hydrogens (tertiary/aromatic N) is 3. The zero-order valence-electron chi connectivity index (χ0n) is 12.9. The number of aromatic nitrogens is 3. The second kappa shape index (κ2) is 7.57. The minimum atomic E-state index is -0.297. The molecule has 0 aliphatic rings. The van der Waals surface area contributed by atoms with Crippen LogP contribution in [-0.2, 0) is 11.3 Å². The minimum absolute atomic E-state index is 0.0754. The van der Waals surface area contributed by atoms with Crippen LogP contribution in [0, 0.1) is 0 Å². The Bertz CT molecular complexity index is 832. The van der Waals surface area contributed by atoms with Crippen LogP contribution in [0.3, 0.4) is 0 Å². The van der Waals surface area contributed by atoms with Gasteiger partial charge in [0, 0.05) is 18.7 Å². The van der Waals surface area contributed by atoms with Gasteiger partial charge in [-0.3, -0.25) is 4.79 Å². The van der Waals surface area contributed by atoms with E-state index >= 15 is 0 Å². The van der Waals surface area contributed by atoms with Crippen molar-refractivity contribution >= 4 is 34.8 Å². The van der Waals surface area contributed by atoms with E-state index in [0.717, 1.165) is 10.4 Å². The van der Waals surface area contributed by atoms with E-state index in [-0.39, 0.29) is 12.5 Å². The number of carbonyl (C=O) groups excluding carboxylic acids is 1. The minimum Gasteiger partial charge on any atom is -0.375 e. The third-order valence-corrected chi connectivity index (χ3v) is 4.48. The normalized spacial score (nSPS) is 10.8. The van der Waals surface area contributed by atoms with Crippen molar-refractivity contribution in [3.63, 3.8) is 0 Å². The summed E-state index contributed by atoms with van der Waals surface area (Å²) in [5.41, 5.74) is 0.908. The Morgan fingerprint density at radius 1 is 1.33 bits per heavy atom. The fraction of sp³-hybridized carbons (Fsp3) is 0.188. The first-order valence-electron chi connectivity index (χ1n) is 7.19. The van der Waals surface area contributed by atoms with E-state index in [0.29, 0.717) is 23.3 Å². The van der Waals surface area contributed by atoms with Crippen molar-refractivity contribution in [2.24, 2.45) is 0 Å². The van der Waals surface area contributed by atoms with Gasteiger partial charge in [0.25, 0.3) is 5.91 Å². The Hall–Kier alpha value is -2.22. The molecule has 0 radical (unpaired) electrons. The first kappa shape index (κ1) is 16.6. The summed E-state index contributed by atoms with van der Waals surface area (Å²) in [5, 5.41) is 10.0. The zero-order chi connectivity index (χ0) is 16.9. The largest absolute Gasteiger partial charge is 0.375 e. The predicted molar refractivity (Wildman–Crippen MR) is 94.6 cm³/mol. The SMILES string of the molecule is COCC(=O)n1nc(-c2cccs2)nc1NCc1ccccc1Cl. The maximum absolute atomic E-state index is 12.2. The predicted octanol–water partition coefficient (Wildman–Crippen LogP) is 3.56. The number of hydrogen-bond acceptors (Lipinski definition) is 6. The van der Waals surface area contributed by atoms with Crippen LogP contribution in [0.4, 0.5) is 5.95 Å². The Labute approximate surface area is 148 Å². The number of benzene rings is 1. The quantitative estimate of drug-likeness (QED) is 0.726. The van der Waals surface area contributed by atoms with Crippen LogP contribution in [-0.4, -0.2) is 34.4 Å². The highest BCUT2D eigenvalue weighted by atomic mass is 35.5. The topological polar surface area (TPSA) is 69.0 Å². The van der Waals surface area contributed by atoms with Crippen molar-refractivity contribution in [3.05, 3.63) is 52.4 Å². The van der Waals surface area contributed by atoms with Crippen molar-refractivity contribution in [2.45, 2.75) is 6.54 Å². The highest BCUT2D eigenvalue weighted by molar-refractivity contribution is 7.13. The third-order valence-electron chi connectivity index (χ3n) is 3.25. The molecule has 0 bridgehead atoms. The lowest BCUT2D eigenvalue weighted by molar-refractivity contribution is 0.0748. The van der Waals surface area contributed by atoms with E-state index in [1.165, 1.54) is 23.1 Å². The molecule has 2 heterocycles. The first-order valence-corrected chi connectivity index (χ1v) is 8.45. The molecule has 0 saturated heterocycles. The number of hydrogen-bond donors (Lipinski definition) is 1. The second-order valence-electron chi connectivity index (χ2n) is 4.92. The lowest BCUT2D eigenvalue weighted by Gasteiger charge is -2.08. The van der Waals surface area contributed by atoms with Gasteiger partial charge in [-0.15, -0.1) is 16.4 Å². The second-order valence-corrected chi connectivity index (χ2v) is 6.27. The van der Waals surface area contributed by atoms with Crippen LogP contribution >= 0.6 is 22.9 Å². The molecular weight excluding hydrogens is 348 g/mol. The Balaban J connectivity index is 1.87. The molecule has 0 spiro atoms. The molecule has 0 atom stereocenters. The number of carbonyl (C=O) groups is 1. The van der Waals surface area contributed by atoms with E-state index in [1.54, 1.807) is 0 Å². The van der Waals surface area contributed by atoms with E-state index in [4.69, 9.17) is 16.3 Å². The van der Waals surface area contributed by atoms with Gasteiger partial charge in [-0.1, -0.05) is 35.9 Å². The van der Waals surface area contributed by atoms with E-state index in [2.05, 4.69) is 15.4 Å². The van der Waals surface area contributed by atoms with Crippen molar-refractivity contribution in [1.82, 2.24) is 14.8 Å². The molecule has 3 rings (SSSR count). The van der Waals surface area contributed by atoms with Crippen molar-refractivity contribution < 1.29 is 9.53 Å². The third kappa shape index (κ3) is 3.64. The lowest BCUT2D eigenvalue weighted by atomic mass is 10.2. The molecule has 2 aromatic heterocycles. The molecular formula is C16H15ClN4O2S. The van der Waals surface area contributed by atoms with Crippen LogP contribution in [0.15, 0.2) is 41.8 Å². The van der Waals surface area contributed by atoms with Gasteiger partial charge in [-0.2, -0.15) is 9.67 Å². The summed E-state index contributed by atoms with van der Waals surface area (Å²) in [6.07, 6.45) is 0.